The van der Waals surface area contributed by atoms with Gasteiger partial charge in [-0.25, -0.2) is 9.18 Å². The van der Waals surface area contributed by atoms with Crippen molar-refractivity contribution in [2.45, 2.75) is 6.54 Å². The van der Waals surface area contributed by atoms with E-state index in [4.69, 9.17) is 5.73 Å². The lowest BCUT2D eigenvalue weighted by Crippen LogP contribution is -2.22. The molecule has 0 atom stereocenters. The quantitative estimate of drug-likeness (QED) is 0.703. The van der Waals surface area contributed by atoms with Gasteiger partial charge in [0.25, 0.3) is 0 Å². The van der Waals surface area contributed by atoms with Gasteiger partial charge in [-0.05, 0) is 17.7 Å². The number of nitrogens with one attached hydrogen (secondary N) is 1. The number of ether oxygens (including phenoxy) is 1. The van der Waals surface area contributed by atoms with E-state index in [-0.39, 0.29) is 12.2 Å². The van der Waals surface area contributed by atoms with E-state index in [0.29, 0.717) is 5.56 Å². The van der Waals surface area contributed by atoms with E-state index in [9.17, 15) is 9.18 Å². The fourth-order valence-electron chi connectivity index (χ4n) is 0.950. The lowest BCUT2D eigenvalue weighted by molar-refractivity contribution is 0.170. The van der Waals surface area contributed by atoms with E-state index < -0.39 is 11.9 Å². The zero-order chi connectivity index (χ0) is 10.6. The van der Waals surface area contributed by atoms with Crippen molar-refractivity contribution in [2.24, 2.45) is 0 Å². The van der Waals surface area contributed by atoms with E-state index in [0.717, 1.165) is 0 Å². The smallest absolute Gasteiger partial charge is 0.407 e. The molecule has 1 aromatic carbocycles. The van der Waals surface area contributed by atoms with Crippen LogP contribution in [0.1, 0.15) is 5.56 Å². The molecule has 0 saturated carbocycles. The first-order valence-electron chi connectivity index (χ1n) is 3.99. The van der Waals surface area contributed by atoms with E-state index in [2.05, 4.69) is 10.1 Å². The largest absolute Gasteiger partial charge is 0.453 e. The highest BCUT2D eigenvalue weighted by atomic mass is 19.1. The predicted octanol–water partition coefficient (Wildman–Crippen LogP) is 1.26. The van der Waals surface area contributed by atoms with Crippen LogP contribution in [0.3, 0.4) is 0 Å². The Kier molecular flexibility index (Phi) is 3.28. The zero-order valence-corrected chi connectivity index (χ0v) is 7.71. The standard InChI is InChI=1S/C9H11FN2O2/c1-14-9(13)12-5-6-2-3-7(10)8(11)4-6/h2-4H,5,11H2,1H3,(H,12,13). The minimum absolute atomic E-state index is 0.0640. The van der Waals surface area contributed by atoms with Gasteiger partial charge in [0, 0.05) is 6.54 Å². The second-order valence-corrected chi connectivity index (χ2v) is 2.70. The molecular weight excluding hydrogens is 187 g/mol. The Balaban J connectivity index is 2.60. The number of hydrogen-bond donors (Lipinski definition) is 2. The molecule has 0 saturated heterocycles. The van der Waals surface area contributed by atoms with Crippen LogP contribution in [0.4, 0.5) is 14.9 Å². The minimum Gasteiger partial charge on any atom is -0.453 e. The van der Waals surface area contributed by atoms with E-state index in [1.54, 1.807) is 6.07 Å². The summed E-state index contributed by atoms with van der Waals surface area (Å²) < 4.78 is 17.1. The molecule has 4 nitrogen and oxygen atoms in total. The number of alkyl carbamates (subject to hydrolysis) is 1. The summed E-state index contributed by atoms with van der Waals surface area (Å²) in [4.78, 5) is 10.7. The third-order valence-corrected chi connectivity index (χ3v) is 1.68. The molecule has 76 valence electrons. The van der Waals surface area contributed by atoms with Gasteiger partial charge < -0.3 is 15.8 Å². The number of methoxy groups -OCH3 is 1. The predicted molar refractivity (Wildman–Crippen MR) is 50.1 cm³/mol. The summed E-state index contributed by atoms with van der Waals surface area (Å²) in [6.45, 7) is 0.261. The number of carbonyl (C=O) groups is 1. The van der Waals surface area contributed by atoms with Crippen molar-refractivity contribution >= 4 is 11.8 Å². The fraction of sp³-hybridized carbons (Fsp3) is 0.222. The Morgan fingerprint density at radius 1 is 1.64 bits per heavy atom. The van der Waals surface area contributed by atoms with Gasteiger partial charge >= 0.3 is 6.09 Å². The molecule has 3 N–H and O–H groups in total. The number of halogens is 1. The lowest BCUT2D eigenvalue weighted by atomic mass is 10.2. The Bertz CT molecular complexity index is 342. The molecule has 0 aliphatic carbocycles. The maximum Gasteiger partial charge on any atom is 0.407 e. The summed E-state index contributed by atoms with van der Waals surface area (Å²) >= 11 is 0. The molecule has 0 heterocycles. The summed E-state index contributed by atoms with van der Waals surface area (Å²) in [6.07, 6.45) is -0.534. The van der Waals surface area contributed by atoms with E-state index >= 15 is 0 Å². The van der Waals surface area contributed by atoms with Gasteiger partial charge in [-0.2, -0.15) is 0 Å². The number of nitrogen functional groups attached to an aromatic ring is 1. The van der Waals surface area contributed by atoms with Crippen LogP contribution in [0, 0.1) is 5.82 Å². The summed E-state index contributed by atoms with van der Waals surface area (Å²) in [7, 11) is 1.27. The summed E-state index contributed by atoms with van der Waals surface area (Å²) in [5.41, 5.74) is 6.12. The average Bonchev–Trinajstić information content (AvgIpc) is 2.19. The van der Waals surface area contributed by atoms with E-state index in [1.165, 1.54) is 19.2 Å². The number of carbonyl (C=O) groups excluding carboxylic acids is 1. The summed E-state index contributed by atoms with van der Waals surface area (Å²) in [5.74, 6) is -0.466. The van der Waals surface area contributed by atoms with Crippen molar-refractivity contribution in [3.05, 3.63) is 29.6 Å². The molecule has 14 heavy (non-hydrogen) atoms. The van der Waals surface area contributed by atoms with Crippen molar-refractivity contribution in [3.63, 3.8) is 0 Å². The second kappa shape index (κ2) is 4.45. The minimum atomic E-state index is -0.534. The lowest BCUT2D eigenvalue weighted by Gasteiger charge is -2.04. The Morgan fingerprint density at radius 3 is 2.93 bits per heavy atom. The van der Waals surface area contributed by atoms with Gasteiger partial charge in [-0.15, -0.1) is 0 Å². The van der Waals surface area contributed by atoms with Gasteiger partial charge in [0.2, 0.25) is 0 Å². The van der Waals surface area contributed by atoms with Crippen molar-refractivity contribution in [2.75, 3.05) is 12.8 Å². The molecule has 1 aromatic rings. The van der Waals surface area contributed by atoms with Gasteiger partial charge in [0.15, 0.2) is 0 Å². The third kappa shape index (κ3) is 2.62. The third-order valence-electron chi connectivity index (χ3n) is 1.68. The SMILES string of the molecule is COC(=O)NCc1ccc(F)c(N)c1. The second-order valence-electron chi connectivity index (χ2n) is 2.70. The highest BCUT2D eigenvalue weighted by molar-refractivity contribution is 5.66. The maximum absolute atomic E-state index is 12.7. The molecule has 5 heteroatoms. The fourth-order valence-corrected chi connectivity index (χ4v) is 0.950. The number of anilines is 1. The first-order valence-corrected chi connectivity index (χ1v) is 3.99. The van der Waals surface area contributed by atoms with Crippen LogP contribution in [-0.4, -0.2) is 13.2 Å². The van der Waals surface area contributed by atoms with Crippen LogP contribution in [0.15, 0.2) is 18.2 Å². The van der Waals surface area contributed by atoms with Crippen molar-refractivity contribution in [1.29, 1.82) is 0 Å². The first-order chi connectivity index (χ1) is 6.63. The maximum atomic E-state index is 12.7. The number of benzene rings is 1. The molecule has 0 aliphatic rings. The normalized spacial score (nSPS) is 9.57. The number of nitrogens with two attached hydrogens (primary N) is 1. The van der Waals surface area contributed by atoms with E-state index in [1.807, 2.05) is 0 Å². The molecule has 0 aromatic heterocycles. The molecule has 0 radical (unpaired) electrons. The molecule has 0 spiro atoms. The number of amides is 1. The topological polar surface area (TPSA) is 64.3 Å². The van der Waals surface area contributed by atoms with Crippen LogP contribution >= 0.6 is 0 Å². The highest BCUT2D eigenvalue weighted by Crippen LogP contribution is 2.11. The molecule has 0 bridgehead atoms. The monoisotopic (exact) mass is 198 g/mol. The molecule has 0 unspecified atom stereocenters. The molecule has 1 rings (SSSR count). The van der Waals surface area contributed by atoms with Crippen LogP contribution < -0.4 is 11.1 Å². The molecular formula is C9H11FN2O2. The van der Waals surface area contributed by atoms with Gasteiger partial charge in [-0.1, -0.05) is 6.07 Å². The molecule has 1 amide bonds. The Morgan fingerprint density at radius 2 is 2.36 bits per heavy atom. The Labute approximate surface area is 80.9 Å². The summed E-state index contributed by atoms with van der Waals surface area (Å²) in [5, 5.41) is 2.46. The van der Waals surface area contributed by atoms with Gasteiger partial charge in [0.1, 0.15) is 5.82 Å². The first kappa shape index (κ1) is 10.3. The highest BCUT2D eigenvalue weighted by Gasteiger charge is 2.01. The van der Waals surface area contributed by atoms with Crippen LogP contribution in [-0.2, 0) is 11.3 Å². The molecule has 0 fully saturated rings. The molecule has 0 aliphatic heterocycles. The van der Waals surface area contributed by atoms with Crippen molar-refractivity contribution in [1.82, 2.24) is 5.32 Å². The van der Waals surface area contributed by atoms with Gasteiger partial charge in [-0.3, -0.25) is 0 Å². The number of hydrogen-bond acceptors (Lipinski definition) is 3. The Hall–Kier alpha value is -1.78. The van der Waals surface area contributed by atoms with Crippen LogP contribution in [0.25, 0.3) is 0 Å². The zero-order valence-electron chi connectivity index (χ0n) is 7.71. The van der Waals surface area contributed by atoms with Crippen molar-refractivity contribution in [3.8, 4) is 0 Å². The average molecular weight is 198 g/mol. The van der Waals surface area contributed by atoms with Crippen LogP contribution in [0.2, 0.25) is 0 Å². The van der Waals surface area contributed by atoms with Crippen molar-refractivity contribution < 1.29 is 13.9 Å². The van der Waals surface area contributed by atoms with Crippen LogP contribution in [0.5, 0.6) is 0 Å². The van der Waals surface area contributed by atoms with Gasteiger partial charge in [0.05, 0.1) is 12.8 Å². The number of rotatable bonds is 2. The summed E-state index contributed by atoms with van der Waals surface area (Å²) in [6, 6.07) is 4.26.